The summed E-state index contributed by atoms with van der Waals surface area (Å²) in [6.07, 6.45) is 0.536. The fourth-order valence-corrected chi connectivity index (χ4v) is 2.21. The second-order valence-electron chi connectivity index (χ2n) is 3.47. The van der Waals surface area contributed by atoms with Crippen molar-refractivity contribution >= 4 is 26.4 Å². The fourth-order valence-electron chi connectivity index (χ4n) is 1.86. The topological polar surface area (TPSA) is 35.5 Å². The third-order valence-electron chi connectivity index (χ3n) is 2.51. The highest BCUT2D eigenvalue weighted by Gasteiger charge is 2.41. The molecule has 1 saturated heterocycles. The van der Waals surface area contributed by atoms with Crippen LogP contribution in [0, 0.1) is 5.92 Å². The van der Waals surface area contributed by atoms with Gasteiger partial charge in [-0.1, -0.05) is 20.8 Å². The van der Waals surface area contributed by atoms with Crippen LogP contribution in [0.25, 0.3) is 0 Å². The molecule has 0 spiro atoms. The predicted molar refractivity (Wildman–Crippen MR) is 69.0 cm³/mol. The second kappa shape index (κ2) is 8.01. The molecule has 0 saturated carbocycles. The molecule has 0 bridgehead atoms. The molecule has 1 aliphatic heterocycles. The smallest absolute Gasteiger partial charge is 0.302 e. The summed E-state index contributed by atoms with van der Waals surface area (Å²) in [5.41, 5.74) is 0. The van der Waals surface area contributed by atoms with Crippen LogP contribution in [0.2, 0.25) is 0 Å². The summed E-state index contributed by atoms with van der Waals surface area (Å²) in [4.78, 5) is 10.8. The number of carbonyl (C=O) groups is 1. The summed E-state index contributed by atoms with van der Waals surface area (Å²) in [5.74, 6) is 0.447. The molecule has 1 fully saturated rings. The minimum absolute atomic E-state index is 0.0114. The van der Waals surface area contributed by atoms with Gasteiger partial charge in [0.25, 0.3) is 0 Å². The normalized spacial score (nSPS) is 32.8. The number of hydrogen-bond donors (Lipinski definition) is 1. The van der Waals surface area contributed by atoms with Crippen molar-refractivity contribution < 1.29 is 14.3 Å². The first-order valence-electron chi connectivity index (χ1n) is 5.79. The molecular weight excluding hydrogens is 223 g/mol. The van der Waals surface area contributed by atoms with Gasteiger partial charge in [0.15, 0.2) is 0 Å². The lowest BCUT2D eigenvalue weighted by Crippen LogP contribution is -2.32. The highest BCUT2D eigenvalue weighted by molar-refractivity contribution is 7.80. The summed E-state index contributed by atoms with van der Waals surface area (Å²) in [5, 5.41) is 0. The van der Waals surface area contributed by atoms with Crippen molar-refractivity contribution in [3.05, 3.63) is 0 Å². The fraction of sp³-hybridized carbons (Fsp3) is 0.909. The van der Waals surface area contributed by atoms with Crippen molar-refractivity contribution in [2.45, 2.75) is 52.3 Å². The van der Waals surface area contributed by atoms with E-state index in [0.29, 0.717) is 5.75 Å². The van der Waals surface area contributed by atoms with E-state index in [4.69, 9.17) is 17.3 Å². The molecule has 5 heteroatoms. The van der Waals surface area contributed by atoms with E-state index in [2.05, 4.69) is 12.6 Å². The van der Waals surface area contributed by atoms with Gasteiger partial charge < -0.3 is 9.47 Å². The van der Waals surface area contributed by atoms with Crippen molar-refractivity contribution in [3.63, 3.8) is 0 Å². The van der Waals surface area contributed by atoms with Crippen LogP contribution in [-0.4, -0.2) is 37.8 Å². The zero-order valence-corrected chi connectivity index (χ0v) is 11.4. The van der Waals surface area contributed by atoms with Gasteiger partial charge in [0.2, 0.25) is 0 Å². The maximum absolute atomic E-state index is 10.8. The molecule has 1 rings (SSSR count). The summed E-state index contributed by atoms with van der Waals surface area (Å²) in [6, 6.07) is -0.513. The molecule has 0 aromatic heterocycles. The molecule has 2 radical (unpaired) electrons. The number of esters is 1. The molecule has 4 atom stereocenters. The van der Waals surface area contributed by atoms with Crippen LogP contribution < -0.4 is 0 Å². The van der Waals surface area contributed by atoms with Gasteiger partial charge in [-0.05, 0) is 6.42 Å². The lowest BCUT2D eigenvalue weighted by molar-refractivity contribution is -0.148. The van der Waals surface area contributed by atoms with E-state index in [1.807, 2.05) is 20.8 Å². The van der Waals surface area contributed by atoms with E-state index in [9.17, 15) is 4.79 Å². The first kappa shape index (κ1) is 15.8. The van der Waals surface area contributed by atoms with E-state index < -0.39 is 6.00 Å². The van der Waals surface area contributed by atoms with Crippen LogP contribution in [0.15, 0.2) is 0 Å². The minimum atomic E-state index is -0.513. The van der Waals surface area contributed by atoms with Crippen LogP contribution in [0.3, 0.4) is 0 Å². The standard InChI is InChI=1S/C9H15BO3S.C2H6/c1-3-6-7(4-14)13-9(10)8(6)12-5(2)11;1-2/h6-9,14H,3-4H2,1-2H3;1-2H3. The van der Waals surface area contributed by atoms with Crippen molar-refractivity contribution in [2.75, 3.05) is 5.75 Å². The molecule has 0 aliphatic carbocycles. The van der Waals surface area contributed by atoms with Gasteiger partial charge >= 0.3 is 5.97 Å². The molecule has 0 N–H and O–H groups in total. The Hall–Kier alpha value is -0.155. The van der Waals surface area contributed by atoms with Crippen LogP contribution in [-0.2, 0) is 14.3 Å². The van der Waals surface area contributed by atoms with Crippen LogP contribution in [0.4, 0.5) is 0 Å². The van der Waals surface area contributed by atoms with Gasteiger partial charge in [0, 0.05) is 18.6 Å². The minimum Gasteiger partial charge on any atom is -0.460 e. The Morgan fingerprint density at radius 1 is 1.50 bits per heavy atom. The highest BCUT2D eigenvalue weighted by Crippen LogP contribution is 2.31. The number of carbonyl (C=O) groups excluding carboxylic acids is 1. The molecule has 4 unspecified atom stereocenters. The van der Waals surface area contributed by atoms with E-state index in [1.165, 1.54) is 6.92 Å². The second-order valence-corrected chi connectivity index (χ2v) is 3.83. The zero-order valence-electron chi connectivity index (χ0n) is 10.5. The van der Waals surface area contributed by atoms with Crippen molar-refractivity contribution in [1.29, 1.82) is 0 Å². The average molecular weight is 244 g/mol. The Labute approximate surface area is 105 Å². The van der Waals surface area contributed by atoms with Crippen LogP contribution >= 0.6 is 12.6 Å². The van der Waals surface area contributed by atoms with Gasteiger partial charge in [0.1, 0.15) is 14.0 Å². The number of hydrogen-bond acceptors (Lipinski definition) is 4. The third-order valence-corrected chi connectivity index (χ3v) is 2.87. The summed E-state index contributed by atoms with van der Waals surface area (Å²) >= 11 is 4.18. The van der Waals surface area contributed by atoms with Crippen molar-refractivity contribution in [2.24, 2.45) is 5.92 Å². The molecule has 0 aromatic rings. The Morgan fingerprint density at radius 2 is 2.06 bits per heavy atom. The maximum Gasteiger partial charge on any atom is 0.302 e. The number of thiol groups is 1. The lowest BCUT2D eigenvalue weighted by Gasteiger charge is -2.21. The molecule has 0 amide bonds. The maximum atomic E-state index is 10.8. The molecule has 92 valence electrons. The van der Waals surface area contributed by atoms with Gasteiger partial charge in [-0.15, -0.1) is 0 Å². The molecule has 0 aromatic carbocycles. The Kier molecular flexibility index (Phi) is 7.93. The van der Waals surface area contributed by atoms with E-state index in [0.717, 1.165) is 6.42 Å². The zero-order chi connectivity index (χ0) is 12.7. The summed E-state index contributed by atoms with van der Waals surface area (Å²) < 4.78 is 10.6. The molecule has 1 heterocycles. The number of ether oxygens (including phenoxy) is 2. The quantitative estimate of drug-likeness (QED) is 0.467. The number of rotatable bonds is 3. The van der Waals surface area contributed by atoms with Crippen LogP contribution in [0.5, 0.6) is 0 Å². The van der Waals surface area contributed by atoms with Gasteiger partial charge in [0.05, 0.1) is 12.1 Å². The highest BCUT2D eigenvalue weighted by atomic mass is 32.1. The van der Waals surface area contributed by atoms with E-state index in [1.54, 1.807) is 0 Å². The molecule has 1 aliphatic rings. The SMILES string of the molecule is CC.[B]C1OC(CS)C(CC)C1OC(C)=O. The summed E-state index contributed by atoms with van der Waals surface area (Å²) in [6.45, 7) is 7.41. The molecule has 16 heavy (non-hydrogen) atoms. The molecule has 3 nitrogen and oxygen atoms in total. The van der Waals surface area contributed by atoms with Crippen LogP contribution in [0.1, 0.15) is 34.1 Å². The van der Waals surface area contributed by atoms with Crippen molar-refractivity contribution in [1.82, 2.24) is 0 Å². The average Bonchev–Trinajstić information content (AvgIpc) is 2.57. The lowest BCUT2D eigenvalue weighted by atomic mass is 9.86. The van der Waals surface area contributed by atoms with Crippen molar-refractivity contribution in [3.8, 4) is 0 Å². The van der Waals surface area contributed by atoms with Gasteiger partial charge in [-0.25, -0.2) is 0 Å². The van der Waals surface area contributed by atoms with E-state index in [-0.39, 0.29) is 24.1 Å². The predicted octanol–water partition coefficient (Wildman–Crippen LogP) is 1.79. The third kappa shape index (κ3) is 4.02. The Balaban J connectivity index is 0.00000106. The van der Waals surface area contributed by atoms with Gasteiger partial charge in [-0.3, -0.25) is 4.79 Å². The first-order chi connectivity index (χ1) is 7.60. The summed E-state index contributed by atoms with van der Waals surface area (Å²) in [7, 11) is 5.73. The monoisotopic (exact) mass is 244 g/mol. The Morgan fingerprint density at radius 3 is 2.44 bits per heavy atom. The molecular formula is C11H21BO3S. The van der Waals surface area contributed by atoms with Gasteiger partial charge in [-0.2, -0.15) is 12.6 Å². The first-order valence-corrected chi connectivity index (χ1v) is 6.42. The Bertz CT molecular complexity index is 213. The largest absolute Gasteiger partial charge is 0.460 e. The van der Waals surface area contributed by atoms with E-state index >= 15 is 0 Å².